The van der Waals surface area contributed by atoms with Crippen molar-refractivity contribution in [3.8, 4) is 0 Å². The number of aromatic amines is 1. The van der Waals surface area contributed by atoms with Crippen molar-refractivity contribution in [2.24, 2.45) is 0 Å². The fraction of sp³-hybridized carbons (Fsp3) is 0.526. The lowest BCUT2D eigenvalue weighted by Crippen LogP contribution is -2.62. The predicted molar refractivity (Wildman–Crippen MR) is 111 cm³/mol. The minimum atomic E-state index is -1.20. The standard InChI is InChI=1S/C19H25N5O8/c1-8(31-12(5)28)16(32-13(6)29)14-7-23(10(3)26)17-15(24(14)11(4)27)18(30)22-19(21-17)20-9(2)25/h8,14,16H,7H2,1-6H3,(H2,20,21,22,25,30). The van der Waals surface area contributed by atoms with Crippen LogP contribution in [0.2, 0.25) is 0 Å². The van der Waals surface area contributed by atoms with E-state index in [2.05, 4.69) is 15.3 Å². The average Bonchev–Trinajstić information content (AvgIpc) is 2.63. The lowest BCUT2D eigenvalue weighted by atomic mass is 10.00. The maximum atomic E-state index is 12.9. The third-order valence-corrected chi connectivity index (χ3v) is 4.58. The third kappa shape index (κ3) is 5.28. The highest BCUT2D eigenvalue weighted by Gasteiger charge is 2.45. The summed E-state index contributed by atoms with van der Waals surface area (Å²) in [4.78, 5) is 81.2. The first-order chi connectivity index (χ1) is 14.8. The molecular weight excluding hydrogens is 426 g/mol. The maximum Gasteiger partial charge on any atom is 0.303 e. The molecule has 3 unspecified atom stereocenters. The zero-order chi connectivity index (χ0) is 24.3. The number of fused-ring (bicyclic) bond motifs is 1. The van der Waals surface area contributed by atoms with Gasteiger partial charge in [0.05, 0.1) is 12.6 Å². The topological polar surface area (TPSA) is 168 Å². The van der Waals surface area contributed by atoms with Crippen LogP contribution in [0.1, 0.15) is 41.5 Å². The molecule has 0 saturated carbocycles. The van der Waals surface area contributed by atoms with Gasteiger partial charge in [-0.1, -0.05) is 0 Å². The Labute approximate surface area is 183 Å². The van der Waals surface area contributed by atoms with Gasteiger partial charge >= 0.3 is 11.9 Å². The van der Waals surface area contributed by atoms with Gasteiger partial charge in [-0.15, -0.1) is 0 Å². The largest absolute Gasteiger partial charge is 0.459 e. The van der Waals surface area contributed by atoms with Crippen molar-refractivity contribution in [1.82, 2.24) is 9.97 Å². The van der Waals surface area contributed by atoms with E-state index in [0.717, 1.165) is 16.7 Å². The summed E-state index contributed by atoms with van der Waals surface area (Å²) in [6.07, 6.45) is -2.21. The predicted octanol–water partition coefficient (Wildman–Crippen LogP) is -0.300. The molecular formula is C19H25N5O8. The molecule has 0 aromatic carbocycles. The van der Waals surface area contributed by atoms with Crippen molar-refractivity contribution in [3.05, 3.63) is 10.4 Å². The van der Waals surface area contributed by atoms with E-state index in [1.165, 1.54) is 34.6 Å². The first-order valence-electron chi connectivity index (χ1n) is 9.67. The molecule has 0 spiro atoms. The first-order valence-corrected chi connectivity index (χ1v) is 9.67. The molecule has 32 heavy (non-hydrogen) atoms. The molecule has 174 valence electrons. The van der Waals surface area contributed by atoms with Crippen LogP contribution in [0.25, 0.3) is 0 Å². The van der Waals surface area contributed by atoms with Crippen molar-refractivity contribution in [2.45, 2.75) is 59.8 Å². The highest BCUT2D eigenvalue weighted by atomic mass is 16.6. The molecule has 2 heterocycles. The zero-order valence-corrected chi connectivity index (χ0v) is 18.5. The van der Waals surface area contributed by atoms with Gasteiger partial charge < -0.3 is 9.47 Å². The van der Waals surface area contributed by atoms with Gasteiger partial charge in [0.25, 0.3) is 5.56 Å². The van der Waals surface area contributed by atoms with E-state index in [4.69, 9.17) is 9.47 Å². The first kappa shape index (κ1) is 24.5. The van der Waals surface area contributed by atoms with Crippen molar-refractivity contribution in [2.75, 3.05) is 21.7 Å². The van der Waals surface area contributed by atoms with Gasteiger partial charge in [-0.2, -0.15) is 4.98 Å². The van der Waals surface area contributed by atoms with E-state index in [0.29, 0.717) is 0 Å². The summed E-state index contributed by atoms with van der Waals surface area (Å²) < 4.78 is 10.5. The molecule has 0 bridgehead atoms. The monoisotopic (exact) mass is 451 g/mol. The molecule has 0 radical (unpaired) electrons. The number of aromatic nitrogens is 2. The number of rotatable bonds is 5. The van der Waals surface area contributed by atoms with Gasteiger partial charge in [-0.3, -0.25) is 48.9 Å². The highest BCUT2D eigenvalue weighted by molar-refractivity contribution is 6.02. The number of hydrogen-bond donors (Lipinski definition) is 2. The number of H-pyrrole nitrogens is 1. The molecule has 3 atom stereocenters. The van der Waals surface area contributed by atoms with E-state index in [-0.39, 0.29) is 24.0 Å². The van der Waals surface area contributed by atoms with Crippen LogP contribution < -0.4 is 20.7 Å². The molecule has 1 aliphatic rings. The van der Waals surface area contributed by atoms with Gasteiger partial charge in [-0.25, -0.2) is 0 Å². The van der Waals surface area contributed by atoms with E-state index in [9.17, 15) is 28.8 Å². The second-order valence-electron chi connectivity index (χ2n) is 7.24. The Kier molecular flexibility index (Phi) is 7.33. The molecule has 2 N–H and O–H groups in total. The van der Waals surface area contributed by atoms with Crippen molar-refractivity contribution in [3.63, 3.8) is 0 Å². The molecule has 1 aromatic rings. The van der Waals surface area contributed by atoms with Crippen LogP contribution in [0.4, 0.5) is 17.5 Å². The number of ether oxygens (including phenoxy) is 2. The van der Waals surface area contributed by atoms with Crippen LogP contribution in [0, 0.1) is 0 Å². The molecule has 13 heteroatoms. The Hall–Kier alpha value is -3.77. The minimum absolute atomic E-state index is 0.154. The molecule has 3 amide bonds. The highest BCUT2D eigenvalue weighted by Crippen LogP contribution is 2.34. The van der Waals surface area contributed by atoms with Crippen LogP contribution in [-0.4, -0.2) is 64.4 Å². The Morgan fingerprint density at radius 3 is 2.09 bits per heavy atom. The van der Waals surface area contributed by atoms with E-state index in [1.54, 1.807) is 0 Å². The molecule has 1 aliphatic heterocycles. The molecule has 13 nitrogen and oxygen atoms in total. The number of carbonyl (C=O) groups is 5. The number of anilines is 3. The van der Waals surface area contributed by atoms with Gasteiger partial charge in [0, 0.05) is 34.6 Å². The summed E-state index contributed by atoms with van der Waals surface area (Å²) in [6, 6.07) is -1.07. The number of esters is 2. The van der Waals surface area contributed by atoms with Gasteiger partial charge in [0.15, 0.2) is 17.6 Å². The fourth-order valence-electron chi connectivity index (χ4n) is 3.53. The lowest BCUT2D eigenvalue weighted by molar-refractivity contribution is -0.165. The van der Waals surface area contributed by atoms with Crippen molar-refractivity contribution < 1.29 is 33.4 Å². The van der Waals surface area contributed by atoms with E-state index in [1.807, 2.05) is 0 Å². The second-order valence-corrected chi connectivity index (χ2v) is 7.24. The molecule has 1 aromatic heterocycles. The van der Waals surface area contributed by atoms with E-state index < -0.39 is 53.5 Å². The molecule has 0 fully saturated rings. The van der Waals surface area contributed by atoms with Crippen molar-refractivity contribution >= 4 is 47.1 Å². The number of carbonyl (C=O) groups excluding carboxylic acids is 5. The zero-order valence-electron chi connectivity index (χ0n) is 18.5. The summed E-state index contributed by atoms with van der Waals surface area (Å²) >= 11 is 0. The second kappa shape index (κ2) is 9.58. The Morgan fingerprint density at radius 2 is 1.62 bits per heavy atom. The van der Waals surface area contributed by atoms with Gasteiger partial charge in [-0.05, 0) is 6.92 Å². The quantitative estimate of drug-likeness (QED) is 0.571. The summed E-state index contributed by atoms with van der Waals surface area (Å²) in [5, 5.41) is 2.33. The number of hydrogen-bond acceptors (Lipinski definition) is 9. The van der Waals surface area contributed by atoms with Crippen LogP contribution in [0.15, 0.2) is 4.79 Å². The number of nitrogens with zero attached hydrogens (tertiary/aromatic N) is 3. The Balaban J connectivity index is 2.71. The van der Waals surface area contributed by atoms with Crippen LogP contribution >= 0.6 is 0 Å². The number of nitrogens with one attached hydrogen (secondary N) is 2. The fourth-order valence-corrected chi connectivity index (χ4v) is 3.53. The Morgan fingerprint density at radius 1 is 1.03 bits per heavy atom. The maximum absolute atomic E-state index is 12.9. The van der Waals surface area contributed by atoms with E-state index >= 15 is 0 Å². The minimum Gasteiger partial charge on any atom is -0.459 e. The molecule has 0 saturated heterocycles. The SMILES string of the molecule is CC(=O)Nc1nc2c(c(=O)[nH]1)N(C(C)=O)C(C(OC(C)=O)C(C)OC(C)=O)CN2C(C)=O. The summed E-state index contributed by atoms with van der Waals surface area (Å²) in [5.41, 5.74) is -1.09. The van der Waals surface area contributed by atoms with Crippen LogP contribution in [0.5, 0.6) is 0 Å². The normalized spacial score (nSPS) is 17.0. The molecule has 2 rings (SSSR count). The van der Waals surface area contributed by atoms with Crippen LogP contribution in [-0.2, 0) is 33.4 Å². The summed E-state index contributed by atoms with van der Waals surface area (Å²) in [7, 11) is 0. The Bertz CT molecular complexity index is 1020. The van der Waals surface area contributed by atoms with Crippen molar-refractivity contribution in [1.29, 1.82) is 0 Å². The van der Waals surface area contributed by atoms with Gasteiger partial charge in [0.2, 0.25) is 23.7 Å². The summed E-state index contributed by atoms with van der Waals surface area (Å²) in [6.45, 7) is 7.16. The smallest absolute Gasteiger partial charge is 0.303 e. The van der Waals surface area contributed by atoms with Gasteiger partial charge in [0.1, 0.15) is 6.10 Å². The third-order valence-electron chi connectivity index (χ3n) is 4.58. The molecule has 0 aliphatic carbocycles. The summed E-state index contributed by atoms with van der Waals surface area (Å²) in [5.74, 6) is -3.37. The number of amides is 3. The lowest BCUT2D eigenvalue weighted by Gasteiger charge is -2.44. The van der Waals surface area contributed by atoms with Crippen LogP contribution in [0.3, 0.4) is 0 Å². The average molecular weight is 451 g/mol.